The second kappa shape index (κ2) is 5.92. The molecule has 0 N–H and O–H groups in total. The van der Waals surface area contributed by atoms with Crippen LogP contribution >= 0.6 is 0 Å². The van der Waals surface area contributed by atoms with Gasteiger partial charge in [-0.25, -0.2) is 0 Å². The first-order valence-corrected chi connectivity index (χ1v) is 7.21. The fourth-order valence-corrected chi connectivity index (χ4v) is 4.01. The molecule has 0 heteroatoms. The van der Waals surface area contributed by atoms with Gasteiger partial charge in [0, 0.05) is 0 Å². The third-order valence-electron chi connectivity index (χ3n) is 4.80. The van der Waals surface area contributed by atoms with E-state index in [-0.39, 0.29) is 0 Å². The fraction of sp³-hybridized carbons (Fsp3) is 0.933. The van der Waals surface area contributed by atoms with Gasteiger partial charge in [0.05, 0.1) is 0 Å². The Bertz CT molecular complexity index is 145. The zero-order chi connectivity index (χ0) is 10.5. The summed E-state index contributed by atoms with van der Waals surface area (Å²) in [6.45, 7) is 4.01. The van der Waals surface area contributed by atoms with E-state index in [2.05, 4.69) is 6.92 Å². The van der Waals surface area contributed by atoms with Crippen LogP contribution in [0.3, 0.4) is 0 Å². The Morgan fingerprint density at radius 1 is 0.867 bits per heavy atom. The van der Waals surface area contributed by atoms with E-state index in [0.29, 0.717) is 0 Å². The van der Waals surface area contributed by atoms with Crippen molar-refractivity contribution in [1.29, 1.82) is 0 Å². The number of unbranched alkanes of at least 4 members (excludes halogenated alkanes) is 1. The highest BCUT2D eigenvalue weighted by atomic mass is 14.4. The van der Waals surface area contributed by atoms with Crippen LogP contribution in [0.2, 0.25) is 0 Å². The normalized spacial score (nSPS) is 24.4. The van der Waals surface area contributed by atoms with Crippen LogP contribution in [0.15, 0.2) is 0 Å². The van der Waals surface area contributed by atoms with Crippen molar-refractivity contribution in [3.63, 3.8) is 0 Å². The Morgan fingerprint density at radius 2 is 1.33 bits per heavy atom. The molecule has 0 unspecified atom stereocenters. The Kier molecular flexibility index (Phi) is 4.53. The first kappa shape index (κ1) is 11.5. The summed E-state index contributed by atoms with van der Waals surface area (Å²) in [5.74, 6) is 3.27. The summed E-state index contributed by atoms with van der Waals surface area (Å²) in [7, 11) is 0. The maximum absolute atomic E-state index is 4.01. The summed E-state index contributed by atoms with van der Waals surface area (Å²) in [5, 5.41) is 0. The molecule has 0 nitrogen and oxygen atoms in total. The van der Waals surface area contributed by atoms with E-state index < -0.39 is 0 Å². The van der Waals surface area contributed by atoms with E-state index in [4.69, 9.17) is 0 Å². The van der Waals surface area contributed by atoms with Crippen molar-refractivity contribution in [1.82, 2.24) is 0 Å². The van der Waals surface area contributed by atoms with Crippen LogP contribution in [-0.2, 0) is 0 Å². The number of rotatable bonds is 5. The first-order valence-electron chi connectivity index (χ1n) is 7.21. The minimum Gasteiger partial charge on any atom is -0.0533 e. The van der Waals surface area contributed by atoms with Crippen LogP contribution in [0.5, 0.6) is 0 Å². The Hall–Kier alpha value is 0. The van der Waals surface area contributed by atoms with Crippen molar-refractivity contribution in [2.24, 2.45) is 17.8 Å². The molecule has 2 rings (SSSR count). The first-order chi connectivity index (χ1) is 7.42. The zero-order valence-corrected chi connectivity index (χ0v) is 10.2. The van der Waals surface area contributed by atoms with E-state index in [1.54, 1.807) is 0 Å². The SMILES string of the molecule is [CH2]CCCC(C1CCCC1)C1CCCC1. The van der Waals surface area contributed by atoms with E-state index >= 15 is 0 Å². The molecule has 0 amide bonds. The van der Waals surface area contributed by atoms with Crippen LogP contribution in [-0.4, -0.2) is 0 Å². The molecule has 15 heavy (non-hydrogen) atoms. The highest BCUT2D eigenvalue weighted by Crippen LogP contribution is 2.43. The molecule has 0 heterocycles. The Balaban J connectivity index is 1.88. The molecule has 0 spiro atoms. The summed E-state index contributed by atoms with van der Waals surface area (Å²) in [4.78, 5) is 0. The van der Waals surface area contributed by atoms with Gasteiger partial charge in [-0.1, -0.05) is 71.1 Å². The second-order valence-corrected chi connectivity index (χ2v) is 5.75. The molecule has 0 aromatic rings. The lowest BCUT2D eigenvalue weighted by Crippen LogP contribution is -2.20. The summed E-state index contributed by atoms with van der Waals surface area (Å²) < 4.78 is 0. The Labute approximate surface area is 95.8 Å². The van der Waals surface area contributed by atoms with Crippen molar-refractivity contribution in [3.05, 3.63) is 6.92 Å². The topological polar surface area (TPSA) is 0 Å². The molecule has 1 radical (unpaired) electrons. The third kappa shape index (κ3) is 2.98. The van der Waals surface area contributed by atoms with Crippen LogP contribution in [0.25, 0.3) is 0 Å². The van der Waals surface area contributed by atoms with Crippen molar-refractivity contribution in [2.45, 2.75) is 70.6 Å². The van der Waals surface area contributed by atoms with Gasteiger partial charge in [-0.05, 0) is 24.2 Å². The monoisotopic (exact) mass is 207 g/mol. The molecule has 0 aromatic heterocycles. The van der Waals surface area contributed by atoms with Gasteiger partial charge in [0.25, 0.3) is 0 Å². The molecule has 2 aliphatic carbocycles. The lowest BCUT2D eigenvalue weighted by Gasteiger charge is -2.29. The molecule has 0 atom stereocenters. The molecular formula is C15H27. The summed E-state index contributed by atoms with van der Waals surface area (Å²) >= 11 is 0. The van der Waals surface area contributed by atoms with Crippen molar-refractivity contribution in [3.8, 4) is 0 Å². The number of hydrogen-bond donors (Lipinski definition) is 0. The fourth-order valence-electron chi connectivity index (χ4n) is 4.01. The van der Waals surface area contributed by atoms with Gasteiger partial charge < -0.3 is 0 Å². The predicted octanol–water partition coefficient (Wildman–Crippen LogP) is 4.99. The molecular weight excluding hydrogens is 180 g/mol. The minimum atomic E-state index is 1.08. The molecule has 2 saturated carbocycles. The molecule has 2 fully saturated rings. The highest BCUT2D eigenvalue weighted by Gasteiger charge is 2.32. The molecule has 0 aliphatic heterocycles. The summed E-state index contributed by atoms with van der Waals surface area (Å²) in [5.41, 5.74) is 0. The van der Waals surface area contributed by atoms with Crippen LogP contribution in [0.4, 0.5) is 0 Å². The highest BCUT2D eigenvalue weighted by molar-refractivity contribution is 4.83. The average molecular weight is 207 g/mol. The maximum Gasteiger partial charge on any atom is -0.0357 e. The maximum atomic E-state index is 4.01. The van der Waals surface area contributed by atoms with E-state index in [0.717, 1.165) is 24.2 Å². The zero-order valence-electron chi connectivity index (χ0n) is 10.2. The number of hydrogen-bond acceptors (Lipinski definition) is 0. The third-order valence-corrected chi connectivity index (χ3v) is 4.80. The molecule has 0 bridgehead atoms. The minimum absolute atomic E-state index is 1.08. The second-order valence-electron chi connectivity index (χ2n) is 5.75. The van der Waals surface area contributed by atoms with Crippen LogP contribution < -0.4 is 0 Å². The van der Waals surface area contributed by atoms with Gasteiger partial charge in [-0.3, -0.25) is 0 Å². The average Bonchev–Trinajstić information content (AvgIpc) is 2.90. The quantitative estimate of drug-likeness (QED) is 0.596. The van der Waals surface area contributed by atoms with Gasteiger partial charge in [0.15, 0.2) is 0 Å². The summed E-state index contributed by atoms with van der Waals surface area (Å²) in [6.07, 6.45) is 16.2. The van der Waals surface area contributed by atoms with E-state index in [9.17, 15) is 0 Å². The molecule has 87 valence electrons. The van der Waals surface area contributed by atoms with Crippen molar-refractivity contribution in [2.75, 3.05) is 0 Å². The standard InChI is InChI=1S/C15H27/c1-2-3-12-15(13-8-4-5-9-13)14-10-6-7-11-14/h13-15H,1-12H2. The van der Waals surface area contributed by atoms with Gasteiger partial charge in [-0.2, -0.15) is 0 Å². The molecule has 0 aromatic carbocycles. The molecule has 2 aliphatic rings. The van der Waals surface area contributed by atoms with E-state index in [1.807, 2.05) is 0 Å². The molecule has 0 saturated heterocycles. The smallest absolute Gasteiger partial charge is 0.0357 e. The van der Waals surface area contributed by atoms with Gasteiger partial charge in [0.1, 0.15) is 0 Å². The summed E-state index contributed by atoms with van der Waals surface area (Å²) in [6, 6.07) is 0. The predicted molar refractivity (Wildman–Crippen MR) is 66.6 cm³/mol. The van der Waals surface area contributed by atoms with Gasteiger partial charge >= 0.3 is 0 Å². The van der Waals surface area contributed by atoms with Crippen LogP contribution in [0.1, 0.15) is 70.6 Å². The lowest BCUT2D eigenvalue weighted by molar-refractivity contribution is 0.212. The largest absolute Gasteiger partial charge is 0.0533 e. The Morgan fingerprint density at radius 3 is 1.73 bits per heavy atom. The van der Waals surface area contributed by atoms with Crippen LogP contribution in [0, 0.1) is 24.7 Å². The van der Waals surface area contributed by atoms with Crippen molar-refractivity contribution >= 4 is 0 Å². The lowest BCUT2D eigenvalue weighted by atomic mass is 9.76. The van der Waals surface area contributed by atoms with Gasteiger partial charge in [-0.15, -0.1) is 0 Å². The van der Waals surface area contributed by atoms with E-state index in [1.165, 1.54) is 64.2 Å². The van der Waals surface area contributed by atoms with Gasteiger partial charge in [0.2, 0.25) is 0 Å². The van der Waals surface area contributed by atoms with Crippen molar-refractivity contribution < 1.29 is 0 Å².